The predicted molar refractivity (Wildman–Crippen MR) is 76.0 cm³/mol. The van der Waals surface area contributed by atoms with Gasteiger partial charge in [-0.15, -0.1) is 0 Å². The monoisotopic (exact) mass is 260 g/mol. The third kappa shape index (κ3) is 2.02. The molecule has 1 atom stereocenters. The van der Waals surface area contributed by atoms with E-state index in [2.05, 4.69) is 43.6 Å². The standard InChI is InChI=1S/C16H19ClN/c1-2-18(11-3-4-12-18)16(13-5-6-13)14-7-9-15(17)10-8-14/h3-4,7-13,16H,2,5-6H2,1H3/q+1. The molecule has 1 aliphatic heterocycles. The maximum atomic E-state index is 6.01. The van der Waals surface area contributed by atoms with E-state index in [4.69, 9.17) is 11.6 Å². The Labute approximate surface area is 114 Å². The van der Waals surface area contributed by atoms with Gasteiger partial charge in [0.25, 0.3) is 0 Å². The lowest BCUT2D eigenvalue weighted by Crippen LogP contribution is -2.40. The number of hydrogen-bond donors (Lipinski definition) is 0. The van der Waals surface area contributed by atoms with Crippen LogP contribution in [0.4, 0.5) is 0 Å². The second-order valence-electron chi connectivity index (χ2n) is 5.33. The summed E-state index contributed by atoms with van der Waals surface area (Å²) in [5, 5.41) is 0.823. The van der Waals surface area contributed by atoms with Crippen molar-refractivity contribution in [1.29, 1.82) is 0 Å². The zero-order chi connectivity index (χ0) is 12.6. The maximum Gasteiger partial charge on any atom is 0.126 e. The van der Waals surface area contributed by atoms with E-state index in [-0.39, 0.29) is 0 Å². The molecule has 3 rings (SSSR count). The van der Waals surface area contributed by atoms with Crippen LogP contribution >= 0.6 is 11.6 Å². The summed E-state index contributed by atoms with van der Waals surface area (Å²) in [5.74, 6) is 0.818. The molecule has 1 nitrogen and oxygen atoms in total. The highest BCUT2D eigenvalue weighted by molar-refractivity contribution is 6.30. The van der Waals surface area contributed by atoms with Gasteiger partial charge < -0.3 is 0 Å². The van der Waals surface area contributed by atoms with Crippen LogP contribution in [0.15, 0.2) is 48.8 Å². The van der Waals surface area contributed by atoms with Gasteiger partial charge in [-0.3, -0.25) is 4.48 Å². The molecule has 0 amide bonds. The Morgan fingerprint density at radius 1 is 1.17 bits per heavy atom. The zero-order valence-corrected chi connectivity index (χ0v) is 11.5. The molecule has 18 heavy (non-hydrogen) atoms. The summed E-state index contributed by atoms with van der Waals surface area (Å²) in [5.41, 5.74) is 1.42. The molecule has 0 saturated heterocycles. The lowest BCUT2D eigenvalue weighted by atomic mass is 9.98. The van der Waals surface area contributed by atoms with Crippen LogP contribution in [-0.2, 0) is 0 Å². The molecule has 2 aliphatic rings. The summed E-state index contributed by atoms with van der Waals surface area (Å²) in [6.45, 7) is 3.38. The molecule has 1 aromatic rings. The number of allylic oxidation sites excluding steroid dienone is 2. The van der Waals surface area contributed by atoms with Gasteiger partial charge in [-0.2, -0.15) is 0 Å². The van der Waals surface area contributed by atoms with E-state index in [0.717, 1.165) is 22.0 Å². The van der Waals surface area contributed by atoms with E-state index < -0.39 is 0 Å². The average molecular weight is 261 g/mol. The quantitative estimate of drug-likeness (QED) is 0.690. The average Bonchev–Trinajstić information content (AvgIpc) is 3.10. The Bertz CT molecular complexity index is 470. The first-order valence-electron chi connectivity index (χ1n) is 6.75. The van der Waals surface area contributed by atoms with Crippen molar-refractivity contribution in [2.45, 2.75) is 25.8 Å². The fourth-order valence-corrected chi connectivity index (χ4v) is 3.20. The van der Waals surface area contributed by atoms with Crippen LogP contribution in [0.5, 0.6) is 0 Å². The first-order valence-corrected chi connectivity index (χ1v) is 7.12. The molecule has 2 heteroatoms. The third-order valence-electron chi connectivity index (χ3n) is 4.18. The molecule has 1 unspecified atom stereocenters. The number of hydrogen-bond acceptors (Lipinski definition) is 0. The van der Waals surface area contributed by atoms with Gasteiger partial charge in [-0.25, -0.2) is 0 Å². The first-order chi connectivity index (χ1) is 8.75. The zero-order valence-electron chi connectivity index (χ0n) is 10.7. The van der Waals surface area contributed by atoms with Crippen LogP contribution < -0.4 is 0 Å². The number of quaternary nitrogens is 1. The number of benzene rings is 1. The molecule has 0 aromatic heterocycles. The molecule has 94 valence electrons. The van der Waals surface area contributed by atoms with Gasteiger partial charge in [0, 0.05) is 16.5 Å². The maximum absolute atomic E-state index is 6.01. The van der Waals surface area contributed by atoms with E-state index in [0.29, 0.717) is 6.04 Å². The second kappa shape index (κ2) is 4.56. The van der Waals surface area contributed by atoms with Crippen LogP contribution in [0.2, 0.25) is 5.02 Å². The van der Waals surface area contributed by atoms with Gasteiger partial charge in [-0.1, -0.05) is 23.7 Å². The van der Waals surface area contributed by atoms with Gasteiger partial charge in [0.2, 0.25) is 0 Å². The van der Waals surface area contributed by atoms with Crippen molar-refractivity contribution in [1.82, 2.24) is 0 Å². The molecule has 1 saturated carbocycles. The molecule has 0 radical (unpaired) electrons. The molecular formula is C16H19ClN+. The smallest absolute Gasteiger partial charge is 0.126 e. The molecule has 0 spiro atoms. The second-order valence-corrected chi connectivity index (χ2v) is 5.76. The Morgan fingerprint density at radius 2 is 1.78 bits per heavy atom. The van der Waals surface area contributed by atoms with Gasteiger partial charge in [0.1, 0.15) is 18.4 Å². The predicted octanol–water partition coefficient (Wildman–Crippen LogP) is 4.67. The van der Waals surface area contributed by atoms with Crippen molar-refractivity contribution >= 4 is 11.6 Å². The van der Waals surface area contributed by atoms with Crippen molar-refractivity contribution < 1.29 is 4.48 Å². The van der Waals surface area contributed by atoms with Gasteiger partial charge in [0.05, 0.1) is 6.54 Å². The van der Waals surface area contributed by atoms with Crippen molar-refractivity contribution in [3.63, 3.8) is 0 Å². The Hall–Kier alpha value is -1.05. The summed E-state index contributed by atoms with van der Waals surface area (Å²) < 4.78 is 0.965. The summed E-state index contributed by atoms with van der Waals surface area (Å²) in [6.07, 6.45) is 11.7. The molecule has 0 N–H and O–H groups in total. The highest BCUT2D eigenvalue weighted by Crippen LogP contribution is 2.49. The molecular weight excluding hydrogens is 242 g/mol. The Balaban J connectivity index is 2.00. The van der Waals surface area contributed by atoms with Crippen LogP contribution in [0, 0.1) is 5.92 Å². The van der Waals surface area contributed by atoms with Crippen LogP contribution in [0.25, 0.3) is 0 Å². The van der Waals surface area contributed by atoms with Crippen LogP contribution in [0.3, 0.4) is 0 Å². The van der Waals surface area contributed by atoms with E-state index in [1.165, 1.54) is 18.4 Å². The Morgan fingerprint density at radius 3 is 2.28 bits per heavy atom. The van der Waals surface area contributed by atoms with E-state index >= 15 is 0 Å². The number of nitrogens with zero attached hydrogens (tertiary/aromatic N) is 1. The van der Waals surface area contributed by atoms with Crippen LogP contribution in [0.1, 0.15) is 31.4 Å². The van der Waals surface area contributed by atoms with E-state index in [9.17, 15) is 0 Å². The van der Waals surface area contributed by atoms with Crippen LogP contribution in [-0.4, -0.2) is 11.0 Å². The molecule has 1 aromatic carbocycles. The highest BCUT2D eigenvalue weighted by atomic mass is 35.5. The van der Waals surface area contributed by atoms with Crippen molar-refractivity contribution in [3.05, 3.63) is 59.4 Å². The summed E-state index contributed by atoms with van der Waals surface area (Å²) >= 11 is 6.01. The van der Waals surface area contributed by atoms with Crippen molar-refractivity contribution in [3.8, 4) is 0 Å². The minimum atomic E-state index is 0.558. The minimum absolute atomic E-state index is 0.558. The minimum Gasteiger partial charge on any atom is -0.265 e. The van der Waals surface area contributed by atoms with E-state index in [1.807, 2.05) is 12.1 Å². The Kier molecular flexibility index (Phi) is 3.04. The largest absolute Gasteiger partial charge is 0.265 e. The number of rotatable bonds is 4. The summed E-state index contributed by atoms with van der Waals surface area (Å²) in [4.78, 5) is 0. The van der Waals surface area contributed by atoms with Gasteiger partial charge >= 0.3 is 0 Å². The molecule has 0 bridgehead atoms. The van der Waals surface area contributed by atoms with Gasteiger partial charge in [-0.05, 0) is 44.1 Å². The topological polar surface area (TPSA) is 0 Å². The van der Waals surface area contributed by atoms with Crippen molar-refractivity contribution in [2.24, 2.45) is 5.92 Å². The fraction of sp³-hybridized carbons (Fsp3) is 0.375. The molecule has 1 fully saturated rings. The normalized spacial score (nSPS) is 22.3. The van der Waals surface area contributed by atoms with Gasteiger partial charge in [0.15, 0.2) is 0 Å². The van der Waals surface area contributed by atoms with Crippen molar-refractivity contribution in [2.75, 3.05) is 6.54 Å². The third-order valence-corrected chi connectivity index (χ3v) is 4.44. The lowest BCUT2D eigenvalue weighted by molar-refractivity contribution is -0.859. The van der Waals surface area contributed by atoms with E-state index in [1.54, 1.807) is 0 Å². The first kappa shape index (κ1) is 12.0. The SMILES string of the molecule is CC[N+]1(C(c2ccc(Cl)cc2)C2CC2)C=CC=C1. The fourth-order valence-electron chi connectivity index (χ4n) is 3.08. The summed E-state index contributed by atoms with van der Waals surface area (Å²) in [6, 6.07) is 8.98. The lowest BCUT2D eigenvalue weighted by Gasteiger charge is -2.37. The number of halogens is 1. The highest BCUT2D eigenvalue weighted by Gasteiger charge is 2.45. The molecule has 1 heterocycles. The molecule has 1 aliphatic carbocycles. The summed E-state index contributed by atoms with van der Waals surface area (Å²) in [7, 11) is 0.